The number of amides is 1. The lowest BCUT2D eigenvalue weighted by Gasteiger charge is -2.37. The largest absolute Gasteiger partial charge is 0.448 e. The summed E-state index contributed by atoms with van der Waals surface area (Å²) in [6, 6.07) is 17.0. The molecule has 3 aliphatic rings. The summed E-state index contributed by atoms with van der Waals surface area (Å²) >= 11 is 0. The van der Waals surface area contributed by atoms with E-state index in [-0.39, 0.29) is 35.8 Å². The predicted octanol–water partition coefficient (Wildman–Crippen LogP) is 5.32. The van der Waals surface area contributed by atoms with Gasteiger partial charge in [0.15, 0.2) is 5.78 Å². The van der Waals surface area contributed by atoms with E-state index >= 15 is 0 Å². The normalized spacial score (nSPS) is 24.7. The fourth-order valence-electron chi connectivity index (χ4n) is 5.68. The number of benzene rings is 2. The standard InChI is InChI=1S/C26H27NO3/c1-2-7-25(28)17-14-18-12-13-19(15-17)27(18)26(29)30-16-24-22-10-5-3-8-20(22)21-9-4-6-11-23(21)24/h2-11,17-19,24H,12-16H2,1H3/b7-2-. The number of carbonyl (C=O) groups is 2. The second kappa shape index (κ2) is 7.75. The van der Waals surface area contributed by atoms with Crippen molar-refractivity contribution in [2.45, 2.75) is 50.6 Å². The van der Waals surface area contributed by atoms with Crippen LogP contribution in [0.3, 0.4) is 0 Å². The molecule has 0 aromatic heterocycles. The molecule has 4 heteroatoms. The third kappa shape index (κ3) is 3.15. The van der Waals surface area contributed by atoms with Crippen LogP contribution in [0, 0.1) is 5.92 Å². The van der Waals surface area contributed by atoms with Gasteiger partial charge in [0.2, 0.25) is 0 Å². The highest BCUT2D eigenvalue weighted by Gasteiger charge is 2.45. The van der Waals surface area contributed by atoms with Crippen LogP contribution in [-0.2, 0) is 9.53 Å². The highest BCUT2D eigenvalue weighted by Crippen LogP contribution is 2.45. The van der Waals surface area contributed by atoms with Crippen LogP contribution in [0.25, 0.3) is 11.1 Å². The van der Waals surface area contributed by atoms with Gasteiger partial charge in [0, 0.05) is 23.9 Å². The Morgan fingerprint density at radius 2 is 1.53 bits per heavy atom. The summed E-state index contributed by atoms with van der Waals surface area (Å²) in [4.78, 5) is 27.3. The molecule has 0 saturated carbocycles. The van der Waals surface area contributed by atoms with Gasteiger partial charge in [-0.1, -0.05) is 54.6 Å². The zero-order valence-corrected chi connectivity index (χ0v) is 17.3. The van der Waals surface area contributed by atoms with Gasteiger partial charge < -0.3 is 9.64 Å². The minimum Gasteiger partial charge on any atom is -0.448 e. The average molecular weight is 402 g/mol. The number of carbonyl (C=O) groups excluding carboxylic acids is 2. The molecule has 2 atom stereocenters. The third-order valence-corrected chi connectivity index (χ3v) is 7.01. The summed E-state index contributed by atoms with van der Waals surface area (Å²) in [6.45, 7) is 2.22. The zero-order chi connectivity index (χ0) is 20.7. The van der Waals surface area contributed by atoms with Crippen LogP contribution in [0.15, 0.2) is 60.7 Å². The highest BCUT2D eigenvalue weighted by molar-refractivity contribution is 5.92. The summed E-state index contributed by atoms with van der Waals surface area (Å²) in [5.41, 5.74) is 4.92. The van der Waals surface area contributed by atoms with Crippen molar-refractivity contribution in [1.29, 1.82) is 0 Å². The smallest absolute Gasteiger partial charge is 0.410 e. The lowest BCUT2D eigenvalue weighted by molar-refractivity contribution is -0.120. The Labute approximate surface area is 177 Å². The molecule has 154 valence electrons. The van der Waals surface area contributed by atoms with Crippen LogP contribution in [0.2, 0.25) is 0 Å². The molecule has 2 fully saturated rings. The molecule has 2 bridgehead atoms. The summed E-state index contributed by atoms with van der Waals surface area (Å²) in [6.07, 6.45) is 6.70. The molecule has 30 heavy (non-hydrogen) atoms. The molecule has 2 aromatic carbocycles. The van der Waals surface area contributed by atoms with Crippen molar-refractivity contribution in [3.8, 4) is 11.1 Å². The Morgan fingerprint density at radius 3 is 2.10 bits per heavy atom. The number of hydrogen-bond acceptors (Lipinski definition) is 3. The molecule has 1 aliphatic carbocycles. The molecule has 2 aliphatic heterocycles. The van der Waals surface area contributed by atoms with Crippen LogP contribution in [0.4, 0.5) is 4.79 Å². The first kappa shape index (κ1) is 19.1. The van der Waals surface area contributed by atoms with Gasteiger partial charge >= 0.3 is 6.09 Å². The van der Waals surface area contributed by atoms with Gasteiger partial charge in [0.25, 0.3) is 0 Å². The van der Waals surface area contributed by atoms with Crippen molar-refractivity contribution in [1.82, 2.24) is 4.90 Å². The van der Waals surface area contributed by atoms with E-state index in [1.807, 2.05) is 30.0 Å². The summed E-state index contributed by atoms with van der Waals surface area (Å²) in [7, 11) is 0. The minimum atomic E-state index is -0.221. The molecule has 0 N–H and O–H groups in total. The number of ether oxygens (including phenoxy) is 1. The maximum absolute atomic E-state index is 13.0. The average Bonchev–Trinajstić information content (AvgIpc) is 3.23. The molecule has 2 aromatic rings. The van der Waals surface area contributed by atoms with E-state index in [1.54, 1.807) is 6.08 Å². The highest BCUT2D eigenvalue weighted by atomic mass is 16.6. The quantitative estimate of drug-likeness (QED) is 0.651. The Hall–Kier alpha value is -2.88. The molecular weight excluding hydrogens is 374 g/mol. The van der Waals surface area contributed by atoms with Crippen LogP contribution in [0.5, 0.6) is 0 Å². The molecule has 2 saturated heterocycles. The van der Waals surface area contributed by atoms with Crippen LogP contribution in [0.1, 0.15) is 49.7 Å². The first-order valence-corrected chi connectivity index (χ1v) is 11.0. The molecule has 2 heterocycles. The van der Waals surface area contributed by atoms with E-state index in [2.05, 4.69) is 36.4 Å². The summed E-state index contributed by atoms with van der Waals surface area (Å²) < 4.78 is 5.89. The van der Waals surface area contributed by atoms with Crippen LogP contribution in [-0.4, -0.2) is 35.5 Å². The molecular formula is C26H27NO3. The number of rotatable bonds is 4. The van der Waals surface area contributed by atoms with Crippen molar-refractivity contribution in [3.05, 3.63) is 71.8 Å². The maximum atomic E-state index is 13.0. The van der Waals surface area contributed by atoms with Crippen LogP contribution < -0.4 is 0 Å². The second-order valence-electron chi connectivity index (χ2n) is 8.67. The fraction of sp³-hybridized carbons (Fsp3) is 0.385. The minimum absolute atomic E-state index is 0.0383. The van der Waals surface area contributed by atoms with Gasteiger partial charge in [-0.3, -0.25) is 4.79 Å². The summed E-state index contributed by atoms with van der Waals surface area (Å²) in [5.74, 6) is 0.311. The van der Waals surface area contributed by atoms with Crippen LogP contribution >= 0.6 is 0 Å². The Kier molecular flexibility index (Phi) is 4.93. The van der Waals surface area contributed by atoms with Crippen molar-refractivity contribution >= 4 is 11.9 Å². The van der Waals surface area contributed by atoms with Crippen molar-refractivity contribution in [2.75, 3.05) is 6.61 Å². The first-order valence-electron chi connectivity index (χ1n) is 11.0. The van der Waals surface area contributed by atoms with E-state index in [0.29, 0.717) is 6.61 Å². The number of allylic oxidation sites excluding steroid dienone is 2. The second-order valence-corrected chi connectivity index (χ2v) is 8.67. The van der Waals surface area contributed by atoms with E-state index in [4.69, 9.17) is 4.74 Å². The topological polar surface area (TPSA) is 46.6 Å². The number of ketones is 1. The van der Waals surface area contributed by atoms with Crippen molar-refractivity contribution < 1.29 is 14.3 Å². The zero-order valence-electron chi connectivity index (χ0n) is 17.3. The molecule has 0 spiro atoms. The molecule has 1 amide bonds. The van der Waals surface area contributed by atoms with Gasteiger partial charge in [0.05, 0.1) is 0 Å². The van der Waals surface area contributed by atoms with E-state index in [0.717, 1.165) is 25.7 Å². The molecule has 4 nitrogen and oxygen atoms in total. The lowest BCUT2D eigenvalue weighted by Crippen LogP contribution is -2.48. The van der Waals surface area contributed by atoms with E-state index in [9.17, 15) is 9.59 Å². The monoisotopic (exact) mass is 401 g/mol. The number of fused-ring (bicyclic) bond motifs is 5. The number of piperidine rings is 1. The lowest BCUT2D eigenvalue weighted by atomic mass is 9.87. The van der Waals surface area contributed by atoms with Gasteiger partial charge in [-0.05, 0) is 60.9 Å². The Balaban J connectivity index is 1.29. The predicted molar refractivity (Wildman–Crippen MR) is 116 cm³/mol. The van der Waals surface area contributed by atoms with E-state index in [1.165, 1.54) is 22.3 Å². The van der Waals surface area contributed by atoms with Gasteiger partial charge in [-0.25, -0.2) is 4.79 Å². The van der Waals surface area contributed by atoms with Crippen molar-refractivity contribution in [2.24, 2.45) is 5.92 Å². The fourth-order valence-corrected chi connectivity index (χ4v) is 5.68. The number of hydrogen-bond donors (Lipinski definition) is 0. The molecule has 2 unspecified atom stereocenters. The molecule has 0 radical (unpaired) electrons. The third-order valence-electron chi connectivity index (χ3n) is 7.01. The van der Waals surface area contributed by atoms with Crippen molar-refractivity contribution in [3.63, 3.8) is 0 Å². The first-order chi connectivity index (χ1) is 14.7. The van der Waals surface area contributed by atoms with Gasteiger partial charge in [-0.15, -0.1) is 0 Å². The molecule has 5 rings (SSSR count). The van der Waals surface area contributed by atoms with E-state index < -0.39 is 0 Å². The Morgan fingerprint density at radius 1 is 0.967 bits per heavy atom. The summed E-state index contributed by atoms with van der Waals surface area (Å²) in [5, 5.41) is 0. The Bertz CT molecular complexity index is 951. The number of nitrogens with zero attached hydrogens (tertiary/aromatic N) is 1. The SMILES string of the molecule is C/C=C\C(=O)C1CC2CCC(C1)N2C(=O)OCC1c2ccccc2-c2ccccc21. The van der Waals surface area contributed by atoms with Gasteiger partial charge in [0.1, 0.15) is 6.61 Å². The van der Waals surface area contributed by atoms with Gasteiger partial charge in [-0.2, -0.15) is 0 Å². The maximum Gasteiger partial charge on any atom is 0.410 e.